The lowest BCUT2D eigenvalue weighted by atomic mass is 10.2. The molecule has 0 radical (unpaired) electrons. The molecule has 0 saturated heterocycles. The summed E-state index contributed by atoms with van der Waals surface area (Å²) in [5, 5.41) is 0. The highest BCUT2D eigenvalue weighted by Gasteiger charge is 2.07. The Hall–Kier alpha value is -1.38. The van der Waals surface area contributed by atoms with Gasteiger partial charge in [-0.3, -0.25) is 4.79 Å². The second-order valence-electron chi connectivity index (χ2n) is 3.14. The minimum atomic E-state index is -0.491. The van der Waals surface area contributed by atoms with E-state index in [4.69, 9.17) is 4.74 Å². The molecule has 0 aromatic heterocycles. The molecule has 0 spiro atoms. The van der Waals surface area contributed by atoms with Crippen molar-refractivity contribution in [1.29, 1.82) is 0 Å². The van der Waals surface area contributed by atoms with E-state index in [-0.39, 0.29) is 11.9 Å². The van der Waals surface area contributed by atoms with E-state index in [1.165, 1.54) is 18.2 Å². The van der Waals surface area contributed by atoms with Gasteiger partial charge in [0, 0.05) is 5.56 Å². The molecule has 1 aromatic carbocycles. The number of rotatable bonds is 4. The summed E-state index contributed by atoms with van der Waals surface area (Å²) in [6.45, 7) is 3.83. The molecule has 0 aliphatic carbocycles. The van der Waals surface area contributed by atoms with Crippen LogP contribution in [-0.4, -0.2) is 12.4 Å². The molecule has 76 valence electrons. The molecule has 0 bridgehead atoms. The SMILES string of the molecule is CC[C@H](C)Oc1ccc(C=O)cc1F. The van der Waals surface area contributed by atoms with Gasteiger partial charge in [-0.25, -0.2) is 4.39 Å². The second-order valence-corrected chi connectivity index (χ2v) is 3.14. The van der Waals surface area contributed by atoms with Gasteiger partial charge in [0.15, 0.2) is 11.6 Å². The Morgan fingerprint density at radius 3 is 2.79 bits per heavy atom. The minimum absolute atomic E-state index is 0.0217. The van der Waals surface area contributed by atoms with Gasteiger partial charge in [-0.2, -0.15) is 0 Å². The first-order chi connectivity index (χ1) is 6.67. The molecule has 0 aliphatic heterocycles. The fourth-order valence-corrected chi connectivity index (χ4v) is 0.986. The number of ether oxygens (including phenoxy) is 1. The van der Waals surface area contributed by atoms with Crippen LogP contribution in [0.25, 0.3) is 0 Å². The molecule has 0 unspecified atom stereocenters. The van der Waals surface area contributed by atoms with Crippen molar-refractivity contribution in [2.24, 2.45) is 0 Å². The molecule has 0 saturated carbocycles. The van der Waals surface area contributed by atoms with Gasteiger partial charge in [0.25, 0.3) is 0 Å². The van der Waals surface area contributed by atoms with Crippen molar-refractivity contribution >= 4 is 6.29 Å². The number of halogens is 1. The van der Waals surface area contributed by atoms with Crippen LogP contribution in [0.15, 0.2) is 18.2 Å². The monoisotopic (exact) mass is 196 g/mol. The van der Waals surface area contributed by atoms with E-state index in [1.807, 2.05) is 13.8 Å². The van der Waals surface area contributed by atoms with Crippen LogP contribution < -0.4 is 4.74 Å². The van der Waals surface area contributed by atoms with Crippen molar-refractivity contribution in [2.45, 2.75) is 26.4 Å². The predicted molar refractivity (Wildman–Crippen MR) is 52.2 cm³/mol. The lowest BCUT2D eigenvalue weighted by Crippen LogP contribution is -2.10. The minimum Gasteiger partial charge on any atom is -0.488 e. The van der Waals surface area contributed by atoms with Crippen molar-refractivity contribution in [3.63, 3.8) is 0 Å². The first kappa shape index (κ1) is 10.7. The average molecular weight is 196 g/mol. The standard InChI is InChI=1S/C11H13FO2/c1-3-8(2)14-11-5-4-9(7-13)6-10(11)12/h4-8H,3H2,1-2H3/t8-/m0/s1. The number of carbonyl (C=O) groups excluding carboxylic acids is 1. The Morgan fingerprint density at radius 2 is 2.29 bits per heavy atom. The van der Waals surface area contributed by atoms with Gasteiger partial charge < -0.3 is 4.74 Å². The van der Waals surface area contributed by atoms with Crippen molar-refractivity contribution in [3.05, 3.63) is 29.6 Å². The summed E-state index contributed by atoms with van der Waals surface area (Å²) in [5.74, 6) is -0.292. The van der Waals surface area contributed by atoms with Crippen LogP contribution in [0.5, 0.6) is 5.75 Å². The van der Waals surface area contributed by atoms with Gasteiger partial charge in [-0.1, -0.05) is 6.92 Å². The topological polar surface area (TPSA) is 26.3 Å². The zero-order valence-corrected chi connectivity index (χ0v) is 8.29. The van der Waals surface area contributed by atoms with E-state index in [2.05, 4.69) is 0 Å². The molecule has 0 amide bonds. The third-order valence-electron chi connectivity index (χ3n) is 2.00. The molecule has 1 aromatic rings. The molecule has 1 atom stereocenters. The van der Waals surface area contributed by atoms with Crippen LogP contribution in [-0.2, 0) is 0 Å². The molecular formula is C11H13FO2. The summed E-state index contributed by atoms with van der Waals surface area (Å²) < 4.78 is 18.6. The summed E-state index contributed by atoms with van der Waals surface area (Å²) >= 11 is 0. The number of hydrogen-bond donors (Lipinski definition) is 0. The maximum absolute atomic E-state index is 13.2. The van der Waals surface area contributed by atoms with Gasteiger partial charge in [0.2, 0.25) is 0 Å². The highest BCUT2D eigenvalue weighted by molar-refractivity contribution is 5.74. The summed E-state index contributed by atoms with van der Waals surface area (Å²) in [6, 6.07) is 4.18. The number of benzene rings is 1. The Balaban J connectivity index is 2.83. The molecule has 0 N–H and O–H groups in total. The zero-order chi connectivity index (χ0) is 10.6. The average Bonchev–Trinajstić information content (AvgIpc) is 2.20. The first-order valence-corrected chi connectivity index (χ1v) is 4.58. The summed E-state index contributed by atoms with van der Waals surface area (Å²) in [5.41, 5.74) is 0.319. The van der Waals surface area contributed by atoms with Gasteiger partial charge in [-0.15, -0.1) is 0 Å². The zero-order valence-electron chi connectivity index (χ0n) is 8.29. The largest absolute Gasteiger partial charge is 0.488 e. The molecule has 0 aliphatic rings. The maximum Gasteiger partial charge on any atom is 0.165 e. The third kappa shape index (κ3) is 2.55. The van der Waals surface area contributed by atoms with Crippen molar-refractivity contribution in [3.8, 4) is 5.75 Å². The molecule has 0 fully saturated rings. The van der Waals surface area contributed by atoms with E-state index >= 15 is 0 Å². The Morgan fingerprint density at radius 1 is 1.57 bits per heavy atom. The Labute approximate surface area is 82.7 Å². The van der Waals surface area contributed by atoms with E-state index in [0.717, 1.165) is 6.42 Å². The fraction of sp³-hybridized carbons (Fsp3) is 0.364. The normalized spacial score (nSPS) is 12.2. The summed E-state index contributed by atoms with van der Waals surface area (Å²) in [4.78, 5) is 10.3. The molecule has 14 heavy (non-hydrogen) atoms. The second kappa shape index (κ2) is 4.74. The molecule has 3 heteroatoms. The predicted octanol–water partition coefficient (Wildman–Crippen LogP) is 2.82. The lowest BCUT2D eigenvalue weighted by molar-refractivity contribution is 0.112. The quantitative estimate of drug-likeness (QED) is 0.692. The van der Waals surface area contributed by atoms with E-state index in [9.17, 15) is 9.18 Å². The van der Waals surface area contributed by atoms with Crippen molar-refractivity contribution in [2.75, 3.05) is 0 Å². The van der Waals surface area contributed by atoms with Crippen molar-refractivity contribution in [1.82, 2.24) is 0 Å². The summed E-state index contributed by atoms with van der Waals surface area (Å²) in [6.07, 6.45) is 1.40. The Kier molecular flexibility index (Phi) is 3.63. The highest BCUT2D eigenvalue weighted by Crippen LogP contribution is 2.19. The highest BCUT2D eigenvalue weighted by atomic mass is 19.1. The molecule has 2 nitrogen and oxygen atoms in total. The van der Waals surface area contributed by atoms with Gasteiger partial charge in [0.05, 0.1) is 6.10 Å². The maximum atomic E-state index is 13.2. The first-order valence-electron chi connectivity index (χ1n) is 4.58. The van der Waals surface area contributed by atoms with Crippen LogP contribution in [0.4, 0.5) is 4.39 Å². The smallest absolute Gasteiger partial charge is 0.165 e. The van der Waals surface area contributed by atoms with Gasteiger partial charge in [0.1, 0.15) is 6.29 Å². The van der Waals surface area contributed by atoms with Crippen molar-refractivity contribution < 1.29 is 13.9 Å². The lowest BCUT2D eigenvalue weighted by Gasteiger charge is -2.12. The van der Waals surface area contributed by atoms with Crippen LogP contribution in [0.2, 0.25) is 0 Å². The van der Waals surface area contributed by atoms with Gasteiger partial charge in [-0.05, 0) is 31.5 Å². The number of carbonyl (C=O) groups is 1. The number of aldehydes is 1. The third-order valence-corrected chi connectivity index (χ3v) is 2.00. The molecule has 0 heterocycles. The van der Waals surface area contributed by atoms with Crippen LogP contribution >= 0.6 is 0 Å². The number of hydrogen-bond acceptors (Lipinski definition) is 2. The van der Waals surface area contributed by atoms with E-state index < -0.39 is 5.82 Å². The summed E-state index contributed by atoms with van der Waals surface area (Å²) in [7, 11) is 0. The fourth-order valence-electron chi connectivity index (χ4n) is 0.986. The van der Waals surface area contributed by atoms with Crippen LogP contribution in [0, 0.1) is 5.82 Å². The van der Waals surface area contributed by atoms with Gasteiger partial charge >= 0.3 is 0 Å². The molecule has 1 rings (SSSR count). The molecular weight excluding hydrogens is 183 g/mol. The Bertz CT molecular complexity index is 323. The van der Waals surface area contributed by atoms with E-state index in [0.29, 0.717) is 11.8 Å². The van der Waals surface area contributed by atoms with Crippen LogP contribution in [0.3, 0.4) is 0 Å². The van der Waals surface area contributed by atoms with E-state index in [1.54, 1.807) is 0 Å². The van der Waals surface area contributed by atoms with Crippen LogP contribution in [0.1, 0.15) is 30.6 Å².